The highest BCUT2D eigenvalue weighted by atomic mass is 15.3. The highest BCUT2D eigenvalue weighted by Gasteiger charge is 2.10. The minimum Gasteiger partial charge on any atom is -0.308 e. The number of rotatable bonds is 3. The summed E-state index contributed by atoms with van der Waals surface area (Å²) in [6, 6.07) is 5.75. The summed E-state index contributed by atoms with van der Waals surface area (Å²) in [4.78, 5) is 13.2. The molecule has 0 unspecified atom stereocenters. The lowest BCUT2D eigenvalue weighted by atomic mass is 10.1. The average molecular weight is 243 g/mol. The predicted octanol–water partition coefficient (Wildman–Crippen LogP) is 2.26. The maximum atomic E-state index is 5.44. The highest BCUT2D eigenvalue weighted by molar-refractivity contribution is 5.53. The van der Waals surface area contributed by atoms with Crippen LogP contribution in [0.3, 0.4) is 0 Å². The zero-order valence-electron chi connectivity index (χ0n) is 10.8. The zero-order chi connectivity index (χ0) is 13.1. The Bertz CT molecular complexity index is 551. The Labute approximate surface area is 106 Å². The first kappa shape index (κ1) is 12.4. The van der Waals surface area contributed by atoms with Crippen LogP contribution in [0.15, 0.2) is 24.4 Å². The second kappa shape index (κ2) is 5.10. The van der Waals surface area contributed by atoms with Gasteiger partial charge < -0.3 is 5.43 Å². The van der Waals surface area contributed by atoms with Crippen molar-refractivity contribution in [2.75, 3.05) is 5.43 Å². The van der Waals surface area contributed by atoms with Crippen LogP contribution in [0.5, 0.6) is 0 Å². The summed E-state index contributed by atoms with van der Waals surface area (Å²) in [5.41, 5.74) is 5.39. The molecule has 94 valence electrons. The van der Waals surface area contributed by atoms with E-state index in [1.165, 1.54) is 0 Å². The maximum Gasteiger partial charge on any atom is 0.180 e. The monoisotopic (exact) mass is 243 g/mol. The number of nitrogens with zero attached hydrogens (tertiary/aromatic N) is 3. The van der Waals surface area contributed by atoms with Gasteiger partial charge in [0.25, 0.3) is 0 Å². The van der Waals surface area contributed by atoms with Crippen LogP contribution in [0.25, 0.3) is 11.5 Å². The second-order valence-corrected chi connectivity index (χ2v) is 4.52. The fraction of sp³-hybridized carbons (Fsp3) is 0.308. The molecule has 0 amide bonds. The summed E-state index contributed by atoms with van der Waals surface area (Å²) >= 11 is 0. The van der Waals surface area contributed by atoms with Crippen LogP contribution >= 0.6 is 0 Å². The Morgan fingerprint density at radius 1 is 1.22 bits per heavy atom. The number of aryl methyl sites for hydroxylation is 1. The van der Waals surface area contributed by atoms with Crippen molar-refractivity contribution in [2.24, 2.45) is 5.84 Å². The van der Waals surface area contributed by atoms with E-state index in [2.05, 4.69) is 34.2 Å². The van der Waals surface area contributed by atoms with E-state index in [0.717, 1.165) is 17.0 Å². The van der Waals surface area contributed by atoms with Gasteiger partial charge in [0.1, 0.15) is 11.5 Å². The smallest absolute Gasteiger partial charge is 0.180 e. The normalized spacial score (nSPS) is 10.7. The zero-order valence-corrected chi connectivity index (χ0v) is 10.8. The van der Waals surface area contributed by atoms with Crippen LogP contribution in [-0.2, 0) is 0 Å². The van der Waals surface area contributed by atoms with Crippen molar-refractivity contribution in [3.63, 3.8) is 0 Å². The molecule has 18 heavy (non-hydrogen) atoms. The molecule has 0 radical (unpaired) electrons. The van der Waals surface area contributed by atoms with E-state index in [1.54, 1.807) is 6.20 Å². The number of anilines is 1. The van der Waals surface area contributed by atoms with Gasteiger partial charge in [-0.15, -0.1) is 0 Å². The second-order valence-electron chi connectivity index (χ2n) is 4.52. The number of hydrogen-bond acceptors (Lipinski definition) is 5. The molecule has 3 N–H and O–H groups in total. The number of hydrazine groups is 1. The number of nitrogen functional groups attached to an aromatic ring is 1. The SMILES string of the molecule is Cc1ccnc(-c2nc(NN)cc(C(C)C)n2)c1. The topological polar surface area (TPSA) is 76.7 Å². The van der Waals surface area contributed by atoms with Gasteiger partial charge in [-0.2, -0.15) is 0 Å². The largest absolute Gasteiger partial charge is 0.308 e. The summed E-state index contributed by atoms with van der Waals surface area (Å²) in [7, 11) is 0. The van der Waals surface area contributed by atoms with Gasteiger partial charge in [0, 0.05) is 18.0 Å². The van der Waals surface area contributed by atoms with Crippen molar-refractivity contribution in [1.29, 1.82) is 0 Å². The summed E-state index contributed by atoms with van der Waals surface area (Å²) in [6.45, 7) is 6.17. The van der Waals surface area contributed by atoms with Crippen molar-refractivity contribution in [3.8, 4) is 11.5 Å². The van der Waals surface area contributed by atoms with Crippen molar-refractivity contribution in [3.05, 3.63) is 35.7 Å². The number of pyridine rings is 1. The maximum absolute atomic E-state index is 5.44. The summed E-state index contributed by atoms with van der Waals surface area (Å²) < 4.78 is 0. The first-order valence-corrected chi connectivity index (χ1v) is 5.88. The molecular formula is C13H17N5. The van der Waals surface area contributed by atoms with Crippen LogP contribution in [0.4, 0.5) is 5.82 Å². The van der Waals surface area contributed by atoms with Gasteiger partial charge in [0.05, 0.1) is 0 Å². The molecule has 0 aliphatic heterocycles. The van der Waals surface area contributed by atoms with Gasteiger partial charge in [0.15, 0.2) is 5.82 Å². The van der Waals surface area contributed by atoms with Gasteiger partial charge >= 0.3 is 0 Å². The molecule has 5 heteroatoms. The summed E-state index contributed by atoms with van der Waals surface area (Å²) in [6.07, 6.45) is 1.76. The van der Waals surface area contributed by atoms with Gasteiger partial charge in [0.2, 0.25) is 0 Å². The fourth-order valence-corrected chi connectivity index (χ4v) is 1.61. The highest BCUT2D eigenvalue weighted by Crippen LogP contribution is 2.20. The first-order chi connectivity index (χ1) is 8.60. The lowest BCUT2D eigenvalue weighted by Gasteiger charge is -2.09. The Kier molecular flexibility index (Phi) is 3.53. The quantitative estimate of drug-likeness (QED) is 0.638. The average Bonchev–Trinajstić information content (AvgIpc) is 2.38. The van der Waals surface area contributed by atoms with Crippen LogP contribution in [0, 0.1) is 6.92 Å². The Balaban J connectivity index is 2.53. The van der Waals surface area contributed by atoms with Crippen molar-refractivity contribution in [2.45, 2.75) is 26.7 Å². The Morgan fingerprint density at radius 3 is 2.61 bits per heavy atom. The van der Waals surface area contributed by atoms with Crippen molar-refractivity contribution >= 4 is 5.82 Å². The molecule has 0 saturated carbocycles. The molecule has 5 nitrogen and oxygen atoms in total. The number of nitrogens with one attached hydrogen (secondary N) is 1. The molecule has 0 bridgehead atoms. The van der Waals surface area contributed by atoms with Crippen LogP contribution < -0.4 is 11.3 Å². The van der Waals surface area contributed by atoms with Gasteiger partial charge in [-0.25, -0.2) is 15.8 Å². The molecule has 2 rings (SSSR count). The van der Waals surface area contributed by atoms with Gasteiger partial charge in [-0.1, -0.05) is 13.8 Å². The molecule has 2 aromatic heterocycles. The van der Waals surface area contributed by atoms with E-state index in [4.69, 9.17) is 5.84 Å². The number of nitrogens with two attached hydrogens (primary N) is 1. The minimum atomic E-state index is 0.309. The van der Waals surface area contributed by atoms with Crippen molar-refractivity contribution < 1.29 is 0 Å². The Morgan fingerprint density at radius 2 is 2.00 bits per heavy atom. The fourth-order valence-electron chi connectivity index (χ4n) is 1.61. The third-order valence-corrected chi connectivity index (χ3v) is 2.63. The lowest BCUT2D eigenvalue weighted by Crippen LogP contribution is -2.11. The predicted molar refractivity (Wildman–Crippen MR) is 71.9 cm³/mol. The molecule has 2 heterocycles. The number of aromatic nitrogens is 3. The van der Waals surface area contributed by atoms with E-state index in [-0.39, 0.29) is 0 Å². The molecule has 0 spiro atoms. The molecule has 0 fully saturated rings. The minimum absolute atomic E-state index is 0.309. The van der Waals surface area contributed by atoms with E-state index in [9.17, 15) is 0 Å². The molecule has 0 saturated heterocycles. The van der Waals surface area contributed by atoms with Gasteiger partial charge in [-0.3, -0.25) is 4.98 Å². The number of hydrogen-bond donors (Lipinski definition) is 2. The molecule has 0 atom stereocenters. The van der Waals surface area contributed by atoms with Crippen LogP contribution in [0.2, 0.25) is 0 Å². The van der Waals surface area contributed by atoms with Gasteiger partial charge in [-0.05, 0) is 30.5 Å². The molecule has 2 aromatic rings. The van der Waals surface area contributed by atoms with E-state index >= 15 is 0 Å². The Hall–Kier alpha value is -2.01. The van der Waals surface area contributed by atoms with E-state index in [1.807, 2.05) is 25.1 Å². The summed E-state index contributed by atoms with van der Waals surface area (Å²) in [5.74, 6) is 6.94. The standard InChI is InChI=1S/C13H17N5/c1-8(2)10-7-12(18-14)17-13(16-10)11-6-9(3)4-5-15-11/h4-8H,14H2,1-3H3,(H,16,17,18). The lowest BCUT2D eigenvalue weighted by molar-refractivity contribution is 0.816. The third-order valence-electron chi connectivity index (χ3n) is 2.63. The van der Waals surface area contributed by atoms with E-state index < -0.39 is 0 Å². The molecule has 0 aliphatic rings. The third kappa shape index (κ3) is 2.62. The van der Waals surface area contributed by atoms with Crippen LogP contribution in [0.1, 0.15) is 31.0 Å². The molecule has 0 aliphatic carbocycles. The van der Waals surface area contributed by atoms with E-state index in [0.29, 0.717) is 17.6 Å². The first-order valence-electron chi connectivity index (χ1n) is 5.88. The van der Waals surface area contributed by atoms with Crippen LogP contribution in [-0.4, -0.2) is 15.0 Å². The molecule has 0 aromatic carbocycles. The van der Waals surface area contributed by atoms with Crippen molar-refractivity contribution in [1.82, 2.24) is 15.0 Å². The summed E-state index contributed by atoms with van der Waals surface area (Å²) in [5, 5.41) is 0. The molecular weight excluding hydrogens is 226 g/mol.